The summed E-state index contributed by atoms with van der Waals surface area (Å²) in [5.41, 5.74) is 0. The summed E-state index contributed by atoms with van der Waals surface area (Å²) in [6, 6.07) is 0.353. The Bertz CT molecular complexity index is 205. The lowest BCUT2D eigenvalue weighted by Crippen LogP contribution is -2.41. The number of aliphatic hydroxyl groups is 1. The van der Waals surface area contributed by atoms with Crippen LogP contribution in [0.1, 0.15) is 34.1 Å². The molecule has 2 N–H and O–H groups in total. The van der Waals surface area contributed by atoms with E-state index in [-0.39, 0.29) is 5.91 Å². The molecule has 4 heteroatoms. The van der Waals surface area contributed by atoms with Gasteiger partial charge < -0.3 is 10.4 Å². The van der Waals surface area contributed by atoms with Crippen LogP contribution in [0.2, 0.25) is 0 Å². The number of hydrogen-bond acceptors (Lipinski definition) is 3. The summed E-state index contributed by atoms with van der Waals surface area (Å²) in [6.45, 7) is 8.92. The van der Waals surface area contributed by atoms with E-state index in [1.165, 1.54) is 0 Å². The molecule has 1 amide bonds. The van der Waals surface area contributed by atoms with Crippen LogP contribution in [0.5, 0.6) is 0 Å². The first-order valence-corrected chi connectivity index (χ1v) is 5.98. The van der Waals surface area contributed by atoms with Gasteiger partial charge in [0, 0.05) is 12.6 Å². The van der Waals surface area contributed by atoms with Crippen molar-refractivity contribution in [2.24, 2.45) is 5.92 Å². The first-order chi connectivity index (χ1) is 7.32. The van der Waals surface area contributed by atoms with Crippen LogP contribution in [0.4, 0.5) is 0 Å². The van der Waals surface area contributed by atoms with Gasteiger partial charge in [-0.25, -0.2) is 0 Å². The summed E-state index contributed by atoms with van der Waals surface area (Å²) < 4.78 is 0. The zero-order chi connectivity index (χ0) is 12.7. The van der Waals surface area contributed by atoms with E-state index >= 15 is 0 Å². The van der Waals surface area contributed by atoms with Crippen LogP contribution in [0, 0.1) is 5.92 Å². The molecule has 96 valence electrons. The molecule has 16 heavy (non-hydrogen) atoms. The Morgan fingerprint density at radius 2 is 1.88 bits per heavy atom. The topological polar surface area (TPSA) is 52.6 Å². The molecule has 0 aliphatic heterocycles. The number of hydrogen-bond donors (Lipinski definition) is 2. The number of carbonyl (C=O) groups excluding carboxylic acids is 1. The minimum absolute atomic E-state index is 0.0287. The molecule has 0 aromatic heterocycles. The second kappa shape index (κ2) is 7.63. The van der Waals surface area contributed by atoms with Gasteiger partial charge in [0.2, 0.25) is 5.91 Å². The van der Waals surface area contributed by atoms with Gasteiger partial charge in [-0.05, 0) is 33.2 Å². The highest BCUT2D eigenvalue weighted by Gasteiger charge is 2.11. The summed E-state index contributed by atoms with van der Waals surface area (Å²) in [7, 11) is 1.91. The van der Waals surface area contributed by atoms with Gasteiger partial charge in [-0.1, -0.05) is 13.8 Å². The fraction of sp³-hybridized carbons (Fsp3) is 0.917. The third-order valence-electron chi connectivity index (χ3n) is 2.55. The standard InChI is InChI=1S/C12H26N2O2/c1-9(2)6-11(15)7-13-12(16)8-14(5)10(3)4/h9-11,15H,6-8H2,1-5H3,(H,13,16). The van der Waals surface area contributed by atoms with Gasteiger partial charge in [0.05, 0.1) is 12.6 Å². The molecule has 0 aliphatic rings. The Labute approximate surface area is 99.0 Å². The molecule has 0 aromatic carbocycles. The normalized spacial score (nSPS) is 13.6. The number of nitrogens with one attached hydrogen (secondary N) is 1. The maximum absolute atomic E-state index is 11.5. The second-order valence-electron chi connectivity index (χ2n) is 5.10. The highest BCUT2D eigenvalue weighted by atomic mass is 16.3. The van der Waals surface area contributed by atoms with Gasteiger partial charge in [0.25, 0.3) is 0 Å². The number of amides is 1. The van der Waals surface area contributed by atoms with E-state index in [9.17, 15) is 9.90 Å². The van der Waals surface area contributed by atoms with Gasteiger partial charge in [-0.2, -0.15) is 0 Å². The van der Waals surface area contributed by atoms with Gasteiger partial charge >= 0.3 is 0 Å². The van der Waals surface area contributed by atoms with Crippen molar-refractivity contribution in [2.75, 3.05) is 20.1 Å². The van der Waals surface area contributed by atoms with E-state index in [4.69, 9.17) is 0 Å². The number of aliphatic hydroxyl groups excluding tert-OH is 1. The molecule has 0 aromatic rings. The lowest BCUT2D eigenvalue weighted by Gasteiger charge is -2.21. The minimum Gasteiger partial charge on any atom is -0.391 e. The van der Waals surface area contributed by atoms with Crippen LogP contribution < -0.4 is 5.32 Å². The average molecular weight is 230 g/mol. The fourth-order valence-electron chi connectivity index (χ4n) is 1.32. The molecule has 1 atom stereocenters. The number of nitrogens with zero attached hydrogens (tertiary/aromatic N) is 1. The predicted octanol–water partition coefficient (Wildman–Crippen LogP) is 0.850. The first kappa shape index (κ1) is 15.4. The molecular formula is C12H26N2O2. The Morgan fingerprint density at radius 3 is 2.31 bits per heavy atom. The third kappa shape index (κ3) is 7.65. The summed E-state index contributed by atoms with van der Waals surface area (Å²) in [5, 5.41) is 12.3. The summed E-state index contributed by atoms with van der Waals surface area (Å²) in [4.78, 5) is 13.4. The molecule has 0 fully saturated rings. The SMILES string of the molecule is CC(C)CC(O)CNC(=O)CN(C)C(C)C. The van der Waals surface area contributed by atoms with E-state index in [1.54, 1.807) is 0 Å². The van der Waals surface area contributed by atoms with Gasteiger partial charge in [-0.3, -0.25) is 9.69 Å². The molecule has 0 saturated heterocycles. The van der Waals surface area contributed by atoms with Crippen molar-refractivity contribution in [1.82, 2.24) is 10.2 Å². The molecule has 0 aliphatic carbocycles. The van der Waals surface area contributed by atoms with Crippen LogP contribution in [-0.4, -0.2) is 48.2 Å². The first-order valence-electron chi connectivity index (χ1n) is 5.98. The zero-order valence-corrected chi connectivity index (χ0v) is 11.2. The largest absolute Gasteiger partial charge is 0.391 e. The molecule has 4 nitrogen and oxygen atoms in total. The Morgan fingerprint density at radius 1 is 1.31 bits per heavy atom. The van der Waals surface area contributed by atoms with E-state index in [0.29, 0.717) is 25.0 Å². The zero-order valence-electron chi connectivity index (χ0n) is 11.2. The van der Waals surface area contributed by atoms with Crippen molar-refractivity contribution in [1.29, 1.82) is 0 Å². The van der Waals surface area contributed by atoms with Gasteiger partial charge in [-0.15, -0.1) is 0 Å². The third-order valence-corrected chi connectivity index (χ3v) is 2.55. The molecule has 0 bridgehead atoms. The van der Waals surface area contributed by atoms with E-state index < -0.39 is 6.10 Å². The maximum atomic E-state index is 11.5. The molecular weight excluding hydrogens is 204 g/mol. The quantitative estimate of drug-likeness (QED) is 0.682. The van der Waals surface area contributed by atoms with Gasteiger partial charge in [0.15, 0.2) is 0 Å². The van der Waals surface area contributed by atoms with Crippen LogP contribution in [0.25, 0.3) is 0 Å². The summed E-state index contributed by atoms with van der Waals surface area (Å²) in [5.74, 6) is 0.421. The van der Waals surface area contributed by atoms with Gasteiger partial charge in [0.1, 0.15) is 0 Å². The van der Waals surface area contributed by atoms with Crippen LogP contribution in [0.3, 0.4) is 0 Å². The van der Waals surface area contributed by atoms with Crippen molar-refractivity contribution in [3.05, 3.63) is 0 Å². The highest BCUT2D eigenvalue weighted by molar-refractivity contribution is 5.78. The van der Waals surface area contributed by atoms with Crippen LogP contribution in [-0.2, 0) is 4.79 Å². The number of carbonyl (C=O) groups is 1. The van der Waals surface area contributed by atoms with Crippen molar-refractivity contribution in [3.8, 4) is 0 Å². The summed E-state index contributed by atoms with van der Waals surface area (Å²) in [6.07, 6.45) is 0.286. The van der Waals surface area contributed by atoms with Crippen LogP contribution >= 0.6 is 0 Å². The maximum Gasteiger partial charge on any atom is 0.234 e. The lowest BCUT2D eigenvalue weighted by atomic mass is 10.1. The monoisotopic (exact) mass is 230 g/mol. The molecule has 1 unspecified atom stereocenters. The Kier molecular flexibility index (Phi) is 7.34. The summed E-state index contributed by atoms with van der Waals surface area (Å²) >= 11 is 0. The van der Waals surface area contributed by atoms with Crippen LogP contribution in [0.15, 0.2) is 0 Å². The van der Waals surface area contributed by atoms with Crippen molar-refractivity contribution < 1.29 is 9.90 Å². The lowest BCUT2D eigenvalue weighted by molar-refractivity contribution is -0.122. The fourth-order valence-corrected chi connectivity index (χ4v) is 1.32. The van der Waals surface area contributed by atoms with Crippen molar-refractivity contribution in [3.63, 3.8) is 0 Å². The molecule has 0 radical (unpaired) electrons. The van der Waals surface area contributed by atoms with E-state index in [1.807, 2.05) is 25.8 Å². The van der Waals surface area contributed by atoms with E-state index in [2.05, 4.69) is 19.2 Å². The smallest absolute Gasteiger partial charge is 0.234 e. The molecule has 0 rings (SSSR count). The highest BCUT2D eigenvalue weighted by Crippen LogP contribution is 2.03. The predicted molar refractivity (Wildman–Crippen MR) is 66.2 cm³/mol. The van der Waals surface area contributed by atoms with Crippen molar-refractivity contribution >= 4 is 5.91 Å². The molecule has 0 spiro atoms. The number of likely N-dealkylation sites (N-methyl/N-ethyl adjacent to an activating group) is 1. The number of rotatable bonds is 7. The minimum atomic E-state index is -0.437. The Hall–Kier alpha value is -0.610. The second-order valence-corrected chi connectivity index (χ2v) is 5.10. The van der Waals surface area contributed by atoms with E-state index in [0.717, 1.165) is 6.42 Å². The van der Waals surface area contributed by atoms with Crippen molar-refractivity contribution in [2.45, 2.75) is 46.3 Å². The Balaban J connectivity index is 3.73. The average Bonchev–Trinajstić information content (AvgIpc) is 2.13. The molecule has 0 saturated carbocycles. The molecule has 0 heterocycles.